The summed E-state index contributed by atoms with van der Waals surface area (Å²) in [4.78, 5) is 0. The number of hydrogen-bond donors (Lipinski definition) is 3. The van der Waals surface area contributed by atoms with Gasteiger partial charge >= 0.3 is 0 Å². The van der Waals surface area contributed by atoms with Crippen LogP contribution in [0.1, 0.15) is 12.5 Å². The molecule has 0 unspecified atom stereocenters. The summed E-state index contributed by atoms with van der Waals surface area (Å²) in [6, 6.07) is 10.1. The number of nitrogens with two attached hydrogens (primary N) is 2. The predicted molar refractivity (Wildman–Crippen MR) is 84.2 cm³/mol. The molecule has 0 bridgehead atoms. The van der Waals surface area contributed by atoms with Crippen LogP contribution < -0.4 is 20.9 Å². The van der Waals surface area contributed by atoms with Crippen LogP contribution in [0.15, 0.2) is 42.5 Å². The SMILES string of the molecule is CC=C(Oc1ccc(N)cc1)c1cc(OC)c(O)cc1N. The van der Waals surface area contributed by atoms with E-state index < -0.39 is 0 Å². The van der Waals surface area contributed by atoms with Crippen molar-refractivity contribution in [3.8, 4) is 17.2 Å². The van der Waals surface area contributed by atoms with Gasteiger partial charge in [0.1, 0.15) is 11.5 Å². The largest absolute Gasteiger partial charge is 0.504 e. The number of benzene rings is 2. The first-order valence-electron chi connectivity index (χ1n) is 6.41. The Balaban J connectivity index is 2.36. The average molecular weight is 286 g/mol. The van der Waals surface area contributed by atoms with E-state index in [9.17, 15) is 5.11 Å². The second-order valence-electron chi connectivity index (χ2n) is 4.44. The molecule has 0 aliphatic heterocycles. The summed E-state index contributed by atoms with van der Waals surface area (Å²) in [5, 5.41) is 9.71. The summed E-state index contributed by atoms with van der Waals surface area (Å²) in [5.74, 6) is 1.53. The van der Waals surface area contributed by atoms with Crippen molar-refractivity contribution >= 4 is 17.1 Å². The third kappa shape index (κ3) is 3.20. The van der Waals surface area contributed by atoms with Gasteiger partial charge in [-0.05, 0) is 43.3 Å². The highest BCUT2D eigenvalue weighted by atomic mass is 16.5. The average Bonchev–Trinajstić information content (AvgIpc) is 2.47. The Morgan fingerprint density at radius 2 is 1.81 bits per heavy atom. The molecule has 0 atom stereocenters. The molecule has 2 rings (SSSR count). The monoisotopic (exact) mass is 286 g/mol. The normalized spacial score (nSPS) is 11.2. The van der Waals surface area contributed by atoms with Gasteiger partial charge in [-0.25, -0.2) is 0 Å². The Morgan fingerprint density at radius 3 is 2.38 bits per heavy atom. The molecule has 5 heteroatoms. The summed E-state index contributed by atoms with van der Waals surface area (Å²) < 4.78 is 10.9. The minimum absolute atomic E-state index is 0.0123. The summed E-state index contributed by atoms with van der Waals surface area (Å²) in [6.07, 6.45) is 1.79. The van der Waals surface area contributed by atoms with Crippen LogP contribution in [0.4, 0.5) is 11.4 Å². The first-order valence-corrected chi connectivity index (χ1v) is 6.41. The van der Waals surface area contributed by atoms with E-state index in [1.807, 2.05) is 6.92 Å². The fourth-order valence-corrected chi connectivity index (χ4v) is 1.89. The second kappa shape index (κ2) is 6.09. The molecule has 0 aromatic heterocycles. The molecule has 21 heavy (non-hydrogen) atoms. The maximum atomic E-state index is 9.71. The van der Waals surface area contributed by atoms with Gasteiger partial charge < -0.3 is 26.0 Å². The van der Waals surface area contributed by atoms with Crippen molar-refractivity contribution in [2.45, 2.75) is 6.92 Å². The van der Waals surface area contributed by atoms with Crippen LogP contribution in [-0.4, -0.2) is 12.2 Å². The van der Waals surface area contributed by atoms with E-state index in [0.29, 0.717) is 34.2 Å². The van der Waals surface area contributed by atoms with Crippen LogP contribution in [0.25, 0.3) is 5.76 Å². The van der Waals surface area contributed by atoms with Crippen LogP contribution in [0.3, 0.4) is 0 Å². The standard InChI is InChI=1S/C16H18N2O3/c1-3-15(21-11-6-4-10(17)5-7-11)12-8-16(20-2)14(19)9-13(12)18/h3-9,19H,17-18H2,1-2H3. The van der Waals surface area contributed by atoms with E-state index in [0.717, 1.165) is 0 Å². The van der Waals surface area contributed by atoms with Crippen LogP contribution in [0.5, 0.6) is 17.2 Å². The molecule has 0 amide bonds. The van der Waals surface area contributed by atoms with Gasteiger partial charge in [0.05, 0.1) is 7.11 Å². The van der Waals surface area contributed by atoms with Crippen molar-refractivity contribution in [3.63, 3.8) is 0 Å². The van der Waals surface area contributed by atoms with Gasteiger partial charge in [-0.3, -0.25) is 0 Å². The molecule has 0 radical (unpaired) electrons. The van der Waals surface area contributed by atoms with Gasteiger partial charge in [0.15, 0.2) is 11.5 Å². The highest BCUT2D eigenvalue weighted by molar-refractivity contribution is 5.75. The van der Waals surface area contributed by atoms with Gasteiger partial charge in [-0.2, -0.15) is 0 Å². The summed E-state index contributed by atoms with van der Waals surface area (Å²) in [6.45, 7) is 1.84. The first kappa shape index (κ1) is 14.6. The number of allylic oxidation sites excluding steroid dienone is 1. The number of anilines is 2. The highest BCUT2D eigenvalue weighted by Gasteiger charge is 2.13. The number of methoxy groups -OCH3 is 1. The molecular weight excluding hydrogens is 268 g/mol. The van der Waals surface area contributed by atoms with Crippen LogP contribution in [-0.2, 0) is 0 Å². The fraction of sp³-hybridized carbons (Fsp3) is 0.125. The fourth-order valence-electron chi connectivity index (χ4n) is 1.89. The van der Waals surface area contributed by atoms with E-state index in [4.69, 9.17) is 20.9 Å². The van der Waals surface area contributed by atoms with Crippen molar-refractivity contribution in [2.75, 3.05) is 18.6 Å². The molecule has 5 nitrogen and oxygen atoms in total. The third-order valence-corrected chi connectivity index (χ3v) is 2.99. The molecule has 110 valence electrons. The number of phenolic OH excluding ortho intramolecular Hbond substituents is 1. The first-order chi connectivity index (χ1) is 10.0. The molecule has 0 spiro atoms. The molecule has 5 N–H and O–H groups in total. The Bertz CT molecular complexity index is 664. The molecule has 0 saturated heterocycles. The van der Waals surface area contributed by atoms with Crippen molar-refractivity contribution in [3.05, 3.63) is 48.0 Å². The van der Waals surface area contributed by atoms with Gasteiger partial charge in [-0.1, -0.05) is 0 Å². The quantitative estimate of drug-likeness (QED) is 0.593. The summed E-state index contributed by atoms with van der Waals surface area (Å²) >= 11 is 0. The Hall–Kier alpha value is -2.82. The molecule has 0 saturated carbocycles. The van der Waals surface area contributed by atoms with Gasteiger partial charge in [-0.15, -0.1) is 0 Å². The van der Waals surface area contributed by atoms with Crippen molar-refractivity contribution in [1.29, 1.82) is 0 Å². The third-order valence-electron chi connectivity index (χ3n) is 2.99. The molecular formula is C16H18N2O3. The van der Waals surface area contributed by atoms with E-state index in [1.54, 1.807) is 36.4 Å². The molecule has 2 aromatic carbocycles. The highest BCUT2D eigenvalue weighted by Crippen LogP contribution is 2.35. The Kier molecular flexibility index (Phi) is 4.23. The van der Waals surface area contributed by atoms with Crippen molar-refractivity contribution in [2.24, 2.45) is 0 Å². The summed E-state index contributed by atoms with van der Waals surface area (Å²) in [7, 11) is 1.48. The number of ether oxygens (including phenoxy) is 2. The van der Waals surface area contributed by atoms with Crippen LogP contribution in [0, 0.1) is 0 Å². The van der Waals surface area contributed by atoms with Crippen LogP contribution in [0.2, 0.25) is 0 Å². The molecule has 0 aliphatic rings. The maximum Gasteiger partial charge on any atom is 0.161 e. The number of nitrogen functional groups attached to an aromatic ring is 2. The topological polar surface area (TPSA) is 90.7 Å². The molecule has 0 fully saturated rings. The van der Waals surface area contributed by atoms with Gasteiger partial charge in [0, 0.05) is 23.0 Å². The summed E-state index contributed by atoms with van der Waals surface area (Å²) in [5.41, 5.74) is 13.3. The molecule has 0 heterocycles. The zero-order valence-electron chi connectivity index (χ0n) is 12.0. The van der Waals surface area contributed by atoms with E-state index in [1.165, 1.54) is 13.2 Å². The smallest absolute Gasteiger partial charge is 0.161 e. The number of aromatic hydroxyl groups is 1. The lowest BCUT2D eigenvalue weighted by Gasteiger charge is -2.14. The van der Waals surface area contributed by atoms with Gasteiger partial charge in [0.2, 0.25) is 0 Å². The van der Waals surface area contributed by atoms with E-state index >= 15 is 0 Å². The zero-order valence-corrected chi connectivity index (χ0v) is 12.0. The zero-order chi connectivity index (χ0) is 15.4. The lowest BCUT2D eigenvalue weighted by atomic mass is 10.1. The molecule has 0 aliphatic carbocycles. The second-order valence-corrected chi connectivity index (χ2v) is 4.44. The number of hydrogen-bond acceptors (Lipinski definition) is 5. The van der Waals surface area contributed by atoms with E-state index in [2.05, 4.69) is 0 Å². The Morgan fingerprint density at radius 1 is 1.14 bits per heavy atom. The van der Waals surface area contributed by atoms with Crippen molar-refractivity contribution in [1.82, 2.24) is 0 Å². The lowest BCUT2D eigenvalue weighted by Crippen LogP contribution is -2.01. The maximum absolute atomic E-state index is 9.71. The van der Waals surface area contributed by atoms with Crippen molar-refractivity contribution < 1.29 is 14.6 Å². The van der Waals surface area contributed by atoms with Crippen LogP contribution >= 0.6 is 0 Å². The lowest BCUT2D eigenvalue weighted by molar-refractivity contribution is 0.373. The number of phenols is 1. The van der Waals surface area contributed by atoms with E-state index in [-0.39, 0.29) is 5.75 Å². The Labute approximate surface area is 123 Å². The number of rotatable bonds is 4. The predicted octanol–water partition coefficient (Wildman–Crippen LogP) is 3.01. The molecule has 2 aromatic rings. The minimum Gasteiger partial charge on any atom is -0.504 e. The minimum atomic E-state index is -0.0123. The van der Waals surface area contributed by atoms with Gasteiger partial charge in [0.25, 0.3) is 0 Å².